The molecule has 0 bridgehead atoms. The van der Waals surface area contributed by atoms with Crippen LogP contribution < -0.4 is 21.3 Å². The smallest absolute Gasteiger partial charge is 0.274 e. The number of morpholine rings is 1. The zero-order valence-corrected chi connectivity index (χ0v) is 26.8. The molecule has 4 amide bonds. The summed E-state index contributed by atoms with van der Waals surface area (Å²) in [6.07, 6.45) is 6.52. The van der Waals surface area contributed by atoms with Crippen molar-refractivity contribution in [1.29, 1.82) is 0 Å². The van der Waals surface area contributed by atoms with Crippen LogP contribution in [0.5, 0.6) is 0 Å². The van der Waals surface area contributed by atoms with Crippen LogP contribution in [0.3, 0.4) is 0 Å². The van der Waals surface area contributed by atoms with Crippen LogP contribution in [0, 0.1) is 0 Å². The summed E-state index contributed by atoms with van der Waals surface area (Å²) in [5, 5.41) is 12.2. The van der Waals surface area contributed by atoms with Gasteiger partial charge in [0, 0.05) is 77.5 Å². The van der Waals surface area contributed by atoms with Crippen molar-refractivity contribution in [2.45, 2.75) is 0 Å². The topological polar surface area (TPSA) is 169 Å². The number of nitrogens with one attached hydrogen (secondary N) is 4. The molecule has 0 saturated carbocycles. The molecule has 0 aliphatic carbocycles. The molecule has 0 unspecified atom stereocenters. The lowest BCUT2D eigenvalue weighted by molar-refractivity contribution is 0.0383. The van der Waals surface area contributed by atoms with Crippen molar-refractivity contribution >= 4 is 51.7 Å². The molecule has 0 aromatic carbocycles. The van der Waals surface area contributed by atoms with Gasteiger partial charge in [0.15, 0.2) is 5.65 Å². The highest BCUT2D eigenvalue weighted by Gasteiger charge is 2.20. The maximum Gasteiger partial charge on any atom is 0.274 e. The van der Waals surface area contributed by atoms with Gasteiger partial charge in [-0.3, -0.25) is 24.1 Å². The van der Waals surface area contributed by atoms with Crippen LogP contribution in [0.25, 0.3) is 11.0 Å². The number of carbonyl (C=O) groups is 4. The number of anilines is 3. The normalized spacial score (nSPS) is 13.3. The van der Waals surface area contributed by atoms with Gasteiger partial charge in [-0.25, -0.2) is 9.97 Å². The Morgan fingerprint density at radius 2 is 1.27 bits per heavy atom. The molecule has 0 atom stereocenters. The summed E-state index contributed by atoms with van der Waals surface area (Å²) in [7, 11) is 5.11. The fourth-order valence-electron chi connectivity index (χ4n) is 5.48. The fourth-order valence-corrected chi connectivity index (χ4v) is 5.48. The van der Waals surface area contributed by atoms with Crippen LogP contribution in [0.4, 0.5) is 17.1 Å². The largest absolute Gasteiger partial charge is 0.379 e. The highest BCUT2D eigenvalue weighted by Crippen LogP contribution is 2.20. The first kappa shape index (κ1) is 32.2. The molecule has 1 fully saturated rings. The number of rotatable bonds is 10. The minimum atomic E-state index is -0.436. The van der Waals surface area contributed by atoms with Gasteiger partial charge in [0.1, 0.15) is 22.8 Å². The van der Waals surface area contributed by atoms with Gasteiger partial charge in [0.2, 0.25) is 0 Å². The molecule has 15 nitrogen and oxygen atoms in total. The predicted molar refractivity (Wildman–Crippen MR) is 179 cm³/mol. The van der Waals surface area contributed by atoms with Gasteiger partial charge in [-0.05, 0) is 42.5 Å². The van der Waals surface area contributed by atoms with E-state index in [2.05, 4.69) is 36.1 Å². The molecule has 1 saturated heterocycles. The van der Waals surface area contributed by atoms with Crippen molar-refractivity contribution in [3.05, 3.63) is 90.0 Å². The van der Waals surface area contributed by atoms with Gasteiger partial charge in [-0.2, -0.15) is 0 Å². The number of pyridine rings is 2. The van der Waals surface area contributed by atoms with Crippen molar-refractivity contribution < 1.29 is 23.9 Å². The standard InChI is InChI=1S/C33H36N10O5/c1-40-19-23(15-26(40)31(45)35-9-10-43-11-13-48-14-12-43)37-33(47)28-17-24(20-42(28)3)38-32(46)27-16-22(18-41(27)2)36-30(44)25-7-6-21-5-4-8-34-29(21)39-25/h4-8,15-20H,9-14H2,1-3H3,(H,35,45)(H,36,44)(H,37,47)(H,38,46). The van der Waals surface area contributed by atoms with Crippen LogP contribution >= 0.6 is 0 Å². The summed E-state index contributed by atoms with van der Waals surface area (Å²) < 4.78 is 10.2. The number of carbonyl (C=O) groups excluding carboxylic acids is 4. The van der Waals surface area contributed by atoms with Crippen molar-refractivity contribution in [3.8, 4) is 0 Å². The van der Waals surface area contributed by atoms with E-state index in [1.807, 2.05) is 6.07 Å². The van der Waals surface area contributed by atoms with Crippen LogP contribution in [-0.4, -0.2) is 91.6 Å². The maximum atomic E-state index is 13.2. The third-order valence-electron chi connectivity index (χ3n) is 8.00. The molecular weight excluding hydrogens is 616 g/mol. The second-order valence-corrected chi connectivity index (χ2v) is 11.5. The first-order valence-corrected chi connectivity index (χ1v) is 15.4. The number of nitrogens with zero attached hydrogens (tertiary/aromatic N) is 6. The number of aromatic nitrogens is 5. The van der Waals surface area contributed by atoms with Crippen LogP contribution in [-0.2, 0) is 25.9 Å². The molecule has 5 aromatic rings. The first-order valence-electron chi connectivity index (χ1n) is 15.4. The average molecular weight is 653 g/mol. The molecule has 6 rings (SSSR count). The minimum Gasteiger partial charge on any atom is -0.379 e. The third-order valence-corrected chi connectivity index (χ3v) is 8.00. The molecule has 4 N–H and O–H groups in total. The monoisotopic (exact) mass is 652 g/mol. The minimum absolute atomic E-state index is 0.195. The quantitative estimate of drug-likeness (QED) is 0.178. The van der Waals surface area contributed by atoms with Crippen molar-refractivity contribution in [1.82, 2.24) is 33.9 Å². The Morgan fingerprint density at radius 1 is 0.729 bits per heavy atom. The Bertz CT molecular complexity index is 2000. The molecule has 48 heavy (non-hydrogen) atoms. The van der Waals surface area contributed by atoms with Gasteiger partial charge in [0.25, 0.3) is 23.6 Å². The number of hydrogen-bond donors (Lipinski definition) is 4. The summed E-state index contributed by atoms with van der Waals surface area (Å²) >= 11 is 0. The molecule has 5 aromatic heterocycles. The number of amides is 4. The van der Waals surface area contributed by atoms with E-state index < -0.39 is 17.7 Å². The maximum absolute atomic E-state index is 13.2. The van der Waals surface area contributed by atoms with Gasteiger partial charge >= 0.3 is 0 Å². The van der Waals surface area contributed by atoms with E-state index in [9.17, 15) is 19.2 Å². The second-order valence-electron chi connectivity index (χ2n) is 11.5. The highest BCUT2D eigenvalue weighted by atomic mass is 16.5. The van der Waals surface area contributed by atoms with E-state index in [0.29, 0.717) is 53.9 Å². The van der Waals surface area contributed by atoms with Gasteiger partial charge in [-0.1, -0.05) is 0 Å². The second kappa shape index (κ2) is 13.9. The summed E-state index contributed by atoms with van der Waals surface area (Å²) in [4.78, 5) is 62.7. The van der Waals surface area contributed by atoms with Crippen molar-refractivity contribution in [2.24, 2.45) is 21.1 Å². The molecule has 6 heterocycles. The van der Waals surface area contributed by atoms with Crippen molar-refractivity contribution in [3.63, 3.8) is 0 Å². The lowest BCUT2D eigenvalue weighted by atomic mass is 10.2. The van der Waals surface area contributed by atoms with E-state index >= 15 is 0 Å². The number of fused-ring (bicyclic) bond motifs is 1. The Labute approximate surface area is 275 Å². The number of aryl methyl sites for hydroxylation is 3. The summed E-state index contributed by atoms with van der Waals surface area (Å²) in [6.45, 7) is 4.32. The van der Waals surface area contributed by atoms with E-state index in [-0.39, 0.29) is 17.3 Å². The van der Waals surface area contributed by atoms with Gasteiger partial charge in [-0.15, -0.1) is 0 Å². The molecule has 248 valence electrons. The Hall–Kier alpha value is -5.80. The molecule has 0 radical (unpaired) electrons. The van der Waals surface area contributed by atoms with E-state index in [0.717, 1.165) is 25.0 Å². The molecule has 0 spiro atoms. The lowest BCUT2D eigenvalue weighted by Crippen LogP contribution is -2.41. The molecule has 1 aliphatic heterocycles. The van der Waals surface area contributed by atoms with Crippen LogP contribution in [0.1, 0.15) is 42.0 Å². The molecular formula is C33H36N10O5. The van der Waals surface area contributed by atoms with Crippen molar-refractivity contribution in [2.75, 3.05) is 55.3 Å². The molecule has 1 aliphatic rings. The van der Waals surface area contributed by atoms with Gasteiger partial charge < -0.3 is 39.7 Å². The average Bonchev–Trinajstić information content (AvgIpc) is 3.76. The zero-order chi connectivity index (χ0) is 33.8. The number of hydrogen-bond acceptors (Lipinski definition) is 8. The first-order chi connectivity index (χ1) is 23.1. The SMILES string of the molecule is Cn1cc(NC(=O)c2cc(NC(=O)c3cc(NC(=O)c4ccc5cccnc5n4)cn3C)cn2C)cc1C(=O)NCCN1CCOCC1. The van der Waals surface area contributed by atoms with E-state index in [1.165, 1.54) is 0 Å². The van der Waals surface area contributed by atoms with Gasteiger partial charge in [0.05, 0.1) is 30.3 Å². The third kappa shape index (κ3) is 7.27. The van der Waals surface area contributed by atoms with Crippen LogP contribution in [0.15, 0.2) is 67.3 Å². The lowest BCUT2D eigenvalue weighted by Gasteiger charge is -2.26. The van der Waals surface area contributed by atoms with E-state index in [4.69, 9.17) is 4.74 Å². The predicted octanol–water partition coefficient (Wildman–Crippen LogP) is 2.46. The molecule has 15 heteroatoms. The Kier molecular flexibility index (Phi) is 9.31. The number of ether oxygens (including phenoxy) is 1. The van der Waals surface area contributed by atoms with E-state index in [1.54, 1.807) is 96.0 Å². The fraction of sp³-hybridized carbons (Fsp3) is 0.273. The summed E-state index contributed by atoms with van der Waals surface area (Å²) in [5.74, 6) is -1.52. The van der Waals surface area contributed by atoms with Crippen LogP contribution in [0.2, 0.25) is 0 Å². The highest BCUT2D eigenvalue weighted by molar-refractivity contribution is 6.08. The summed E-state index contributed by atoms with van der Waals surface area (Å²) in [6, 6.07) is 11.8. The zero-order valence-electron chi connectivity index (χ0n) is 26.8. The Morgan fingerprint density at radius 3 is 1.85 bits per heavy atom. The summed E-state index contributed by atoms with van der Waals surface area (Å²) in [5.41, 5.74) is 2.92. The Balaban J connectivity index is 1.05.